The molecule has 2 aromatic rings. The van der Waals surface area contributed by atoms with Gasteiger partial charge in [0.05, 0.1) is 11.1 Å². The van der Waals surface area contributed by atoms with Crippen molar-refractivity contribution in [1.29, 1.82) is 0 Å². The summed E-state index contributed by atoms with van der Waals surface area (Å²) < 4.78 is 1.55. The van der Waals surface area contributed by atoms with E-state index in [-0.39, 0.29) is 11.8 Å². The van der Waals surface area contributed by atoms with Gasteiger partial charge in [-0.15, -0.1) is 0 Å². The first-order chi connectivity index (χ1) is 16.5. The number of nitrogens with zero attached hydrogens (tertiary/aromatic N) is 4. The van der Waals surface area contributed by atoms with E-state index in [1.807, 2.05) is 12.1 Å². The first kappa shape index (κ1) is 25.0. The van der Waals surface area contributed by atoms with Crippen molar-refractivity contribution < 1.29 is 9.59 Å². The third-order valence-electron chi connectivity index (χ3n) is 6.36. The van der Waals surface area contributed by atoms with Gasteiger partial charge in [-0.2, -0.15) is 0 Å². The van der Waals surface area contributed by atoms with Gasteiger partial charge in [0.25, 0.3) is 11.8 Å². The lowest BCUT2D eigenvalue weighted by atomic mass is 9.98. The number of pyridine rings is 2. The summed E-state index contributed by atoms with van der Waals surface area (Å²) in [5, 5.41) is 0. The Morgan fingerprint density at radius 2 is 1.09 bits per heavy atom. The molecule has 2 aromatic heterocycles. The fraction of sp³-hybridized carbons (Fsp3) is 0.462. The van der Waals surface area contributed by atoms with Crippen molar-refractivity contribution in [3.05, 3.63) is 44.6 Å². The number of anilines is 2. The molecule has 0 unspecified atom stereocenters. The van der Waals surface area contributed by atoms with Crippen molar-refractivity contribution in [1.82, 2.24) is 9.97 Å². The quantitative estimate of drug-likeness (QED) is 0.227. The number of amides is 2. The molecule has 8 heteroatoms. The van der Waals surface area contributed by atoms with E-state index in [1.165, 1.54) is 0 Å². The zero-order valence-corrected chi connectivity index (χ0v) is 22.9. The molecule has 2 amide bonds. The minimum atomic E-state index is -0.154. The maximum Gasteiger partial charge on any atom is 0.261 e. The van der Waals surface area contributed by atoms with E-state index in [9.17, 15) is 9.59 Å². The predicted octanol–water partition coefficient (Wildman–Crippen LogP) is 6.77. The number of hydrogen-bond donors (Lipinski definition) is 0. The first-order valence-corrected chi connectivity index (χ1v) is 13.8. The second-order valence-electron chi connectivity index (χ2n) is 8.83. The van der Waals surface area contributed by atoms with E-state index in [2.05, 4.69) is 55.7 Å². The minimum absolute atomic E-state index is 0.154. The summed E-state index contributed by atoms with van der Waals surface area (Å²) in [7, 11) is 0. The van der Waals surface area contributed by atoms with Crippen LogP contribution in [0.15, 0.2) is 33.5 Å². The lowest BCUT2D eigenvalue weighted by molar-refractivity contribution is -0.114. The predicted molar refractivity (Wildman–Crippen MR) is 144 cm³/mol. The number of rotatable bonds is 10. The number of unbranched alkanes of at least 4 members (excludes halogenated alkanes) is 6. The Balaban J connectivity index is 1.78. The molecule has 34 heavy (non-hydrogen) atoms. The molecule has 0 atom stereocenters. The zero-order valence-electron chi connectivity index (χ0n) is 19.7. The highest BCUT2D eigenvalue weighted by Crippen LogP contribution is 2.46. The summed E-state index contributed by atoms with van der Waals surface area (Å²) in [5.41, 5.74) is 2.27. The first-order valence-electron chi connectivity index (χ1n) is 12.2. The Morgan fingerprint density at radius 1 is 0.676 bits per heavy atom. The third kappa shape index (κ3) is 4.85. The lowest BCUT2D eigenvalue weighted by Gasteiger charge is -2.16. The van der Waals surface area contributed by atoms with Gasteiger partial charge in [-0.25, -0.2) is 9.97 Å². The summed E-state index contributed by atoms with van der Waals surface area (Å²) in [5.74, 6) is 0.954. The average Bonchev–Trinajstić information content (AvgIpc) is 3.23. The lowest BCUT2D eigenvalue weighted by Crippen LogP contribution is -2.30. The van der Waals surface area contributed by atoms with Gasteiger partial charge < -0.3 is 0 Å². The number of carbonyl (C=O) groups excluding carboxylic acids is 2. The average molecular weight is 590 g/mol. The summed E-state index contributed by atoms with van der Waals surface area (Å²) in [6.07, 6.45) is 11.9. The highest BCUT2D eigenvalue weighted by Gasteiger charge is 2.43. The largest absolute Gasteiger partial charge is 0.292 e. The summed E-state index contributed by atoms with van der Waals surface area (Å²) in [4.78, 5) is 40.2. The van der Waals surface area contributed by atoms with Gasteiger partial charge in [-0.05, 0) is 56.8 Å². The third-order valence-corrected chi connectivity index (χ3v) is 7.22. The van der Waals surface area contributed by atoms with Crippen LogP contribution in [0.4, 0.5) is 11.6 Å². The van der Waals surface area contributed by atoms with Gasteiger partial charge in [0.2, 0.25) is 0 Å². The van der Waals surface area contributed by atoms with Crippen LogP contribution in [-0.4, -0.2) is 34.9 Å². The highest BCUT2D eigenvalue weighted by molar-refractivity contribution is 9.10. The Bertz CT molecular complexity index is 1040. The van der Waals surface area contributed by atoms with E-state index in [0.29, 0.717) is 47.0 Å². The number of fused-ring (bicyclic) bond motifs is 2. The highest BCUT2D eigenvalue weighted by atomic mass is 79.9. The van der Waals surface area contributed by atoms with Crippen LogP contribution >= 0.6 is 31.9 Å². The topological polar surface area (TPSA) is 66.4 Å². The van der Waals surface area contributed by atoms with Crippen LogP contribution in [-0.2, 0) is 9.59 Å². The van der Waals surface area contributed by atoms with E-state index in [4.69, 9.17) is 0 Å². The van der Waals surface area contributed by atoms with Gasteiger partial charge in [0.1, 0.15) is 11.6 Å². The summed E-state index contributed by atoms with van der Waals surface area (Å²) in [6.45, 7) is 5.52. The molecule has 4 heterocycles. The van der Waals surface area contributed by atoms with Gasteiger partial charge in [0.15, 0.2) is 0 Å². The van der Waals surface area contributed by atoms with Gasteiger partial charge in [-0.1, -0.05) is 52.4 Å². The molecule has 0 fully saturated rings. The molecule has 6 nitrogen and oxygen atoms in total. The van der Waals surface area contributed by atoms with Crippen LogP contribution in [0, 0.1) is 0 Å². The molecule has 0 spiro atoms. The number of carbonyl (C=O) groups is 2. The molecule has 0 saturated carbocycles. The van der Waals surface area contributed by atoms with Crippen molar-refractivity contribution >= 4 is 66.5 Å². The second-order valence-corrected chi connectivity index (χ2v) is 10.7. The molecule has 0 saturated heterocycles. The standard InChI is InChI=1S/C26H30Br2N4O2/c1-3-5-7-9-11-31-23-19(13-17(27)15-29-23)21(25(31)33)22-20-14-18(28)16-30-24(20)32(26(22)34)12-10-8-6-4-2/h13-16H,3-12H2,1-2H3/b22-21-. The van der Waals surface area contributed by atoms with Crippen LogP contribution in [0.2, 0.25) is 0 Å². The van der Waals surface area contributed by atoms with Crippen LogP contribution in [0.5, 0.6) is 0 Å². The maximum atomic E-state index is 13.8. The van der Waals surface area contributed by atoms with Crippen LogP contribution < -0.4 is 9.80 Å². The summed E-state index contributed by atoms with van der Waals surface area (Å²) >= 11 is 7.01. The SMILES string of the molecule is CCCCCCN1C(=O)/C(=C2\C(=O)N(CCCCCC)c3ncc(Br)cc32)c2cc(Br)cnc21. The molecule has 2 aliphatic rings. The van der Waals surface area contributed by atoms with Crippen molar-refractivity contribution in [3.8, 4) is 0 Å². The van der Waals surface area contributed by atoms with Crippen molar-refractivity contribution in [2.75, 3.05) is 22.9 Å². The Labute approximate surface area is 218 Å². The van der Waals surface area contributed by atoms with Crippen LogP contribution in [0.25, 0.3) is 11.1 Å². The molecule has 0 bridgehead atoms. The molecule has 180 valence electrons. The van der Waals surface area contributed by atoms with E-state index in [0.717, 1.165) is 60.3 Å². The van der Waals surface area contributed by atoms with Crippen LogP contribution in [0.1, 0.15) is 76.3 Å². The molecule has 2 aliphatic heterocycles. The van der Waals surface area contributed by atoms with Crippen LogP contribution in [0.3, 0.4) is 0 Å². The maximum absolute atomic E-state index is 13.8. The Hall–Kier alpha value is -2.06. The molecule has 0 N–H and O–H groups in total. The van der Waals surface area contributed by atoms with Gasteiger partial charge in [0, 0.05) is 45.6 Å². The smallest absolute Gasteiger partial charge is 0.261 e. The fourth-order valence-electron chi connectivity index (χ4n) is 4.65. The van der Waals surface area contributed by atoms with Gasteiger partial charge >= 0.3 is 0 Å². The zero-order chi connectivity index (χ0) is 24.2. The number of hydrogen-bond acceptors (Lipinski definition) is 4. The fourth-order valence-corrected chi connectivity index (χ4v) is 5.31. The molecular formula is C26H30Br2N4O2. The van der Waals surface area contributed by atoms with Gasteiger partial charge in [-0.3, -0.25) is 19.4 Å². The number of aromatic nitrogens is 2. The minimum Gasteiger partial charge on any atom is -0.292 e. The molecular weight excluding hydrogens is 560 g/mol. The molecule has 0 radical (unpaired) electrons. The van der Waals surface area contributed by atoms with Crippen molar-refractivity contribution in [2.24, 2.45) is 0 Å². The molecule has 4 rings (SSSR count). The Morgan fingerprint density at radius 3 is 1.47 bits per heavy atom. The molecule has 0 aromatic carbocycles. The summed E-state index contributed by atoms with van der Waals surface area (Å²) in [6, 6.07) is 3.80. The number of halogens is 2. The normalized spacial score (nSPS) is 17.1. The second kappa shape index (κ2) is 11.1. The van der Waals surface area contributed by atoms with Crippen molar-refractivity contribution in [3.63, 3.8) is 0 Å². The van der Waals surface area contributed by atoms with E-state index in [1.54, 1.807) is 22.2 Å². The van der Waals surface area contributed by atoms with Crippen molar-refractivity contribution in [2.45, 2.75) is 65.2 Å². The monoisotopic (exact) mass is 588 g/mol. The Kier molecular flexibility index (Phi) is 8.19. The molecule has 0 aliphatic carbocycles. The van der Waals surface area contributed by atoms with E-state index >= 15 is 0 Å². The van der Waals surface area contributed by atoms with E-state index < -0.39 is 0 Å².